The average molecular weight is 145 g/mol. The molecule has 0 spiro atoms. The van der Waals surface area contributed by atoms with Gasteiger partial charge in [0.05, 0.1) is 13.2 Å². The summed E-state index contributed by atoms with van der Waals surface area (Å²) in [5.74, 6) is 0. The molecular formula is C7H15NO2. The van der Waals surface area contributed by atoms with Gasteiger partial charge < -0.3 is 15.2 Å². The number of ether oxygens (including phenoxy) is 1. The molecule has 1 atom stereocenters. The highest BCUT2D eigenvalue weighted by atomic mass is 16.5. The van der Waals surface area contributed by atoms with Crippen LogP contribution in [-0.4, -0.2) is 37.0 Å². The second-order valence-corrected chi connectivity index (χ2v) is 2.81. The number of hydrogen-bond donors (Lipinski definition) is 2. The molecule has 0 aromatic carbocycles. The molecule has 1 heterocycles. The lowest BCUT2D eigenvalue weighted by Gasteiger charge is -2.23. The molecule has 0 aromatic rings. The van der Waals surface area contributed by atoms with Crippen LogP contribution in [0.3, 0.4) is 0 Å². The van der Waals surface area contributed by atoms with Gasteiger partial charge in [0.2, 0.25) is 0 Å². The van der Waals surface area contributed by atoms with Crippen molar-refractivity contribution >= 4 is 0 Å². The minimum atomic E-state index is -0.628. The highest BCUT2D eigenvalue weighted by molar-refractivity contribution is 4.80. The van der Waals surface area contributed by atoms with E-state index in [2.05, 4.69) is 5.32 Å². The van der Waals surface area contributed by atoms with Crippen LogP contribution in [0, 0.1) is 0 Å². The summed E-state index contributed by atoms with van der Waals surface area (Å²) in [4.78, 5) is 0. The third kappa shape index (κ3) is 1.94. The summed E-state index contributed by atoms with van der Waals surface area (Å²) < 4.78 is 5.19. The Bertz CT molecular complexity index is 97.8. The summed E-state index contributed by atoms with van der Waals surface area (Å²) in [6, 6.07) is 0. The lowest BCUT2D eigenvalue weighted by Crippen LogP contribution is -2.41. The smallest absolute Gasteiger partial charge is 0.100 e. The molecule has 0 bridgehead atoms. The summed E-state index contributed by atoms with van der Waals surface area (Å²) in [7, 11) is 0. The topological polar surface area (TPSA) is 41.5 Å². The van der Waals surface area contributed by atoms with Crippen molar-refractivity contribution in [3.8, 4) is 0 Å². The first-order valence-corrected chi connectivity index (χ1v) is 3.78. The number of rotatable bonds is 1. The predicted molar refractivity (Wildman–Crippen MR) is 38.9 cm³/mol. The zero-order valence-corrected chi connectivity index (χ0v) is 6.39. The van der Waals surface area contributed by atoms with Crippen LogP contribution in [0.1, 0.15) is 13.3 Å². The average Bonchev–Trinajstić information content (AvgIpc) is 2.15. The van der Waals surface area contributed by atoms with Gasteiger partial charge in [-0.3, -0.25) is 0 Å². The van der Waals surface area contributed by atoms with Crippen molar-refractivity contribution < 1.29 is 9.84 Å². The minimum Gasteiger partial charge on any atom is -0.386 e. The fraction of sp³-hybridized carbons (Fsp3) is 1.00. The number of β-amino-alcohol motifs (C(OH)–C–C–N with tert-alkyl or cyclic N) is 1. The second kappa shape index (κ2) is 3.32. The molecule has 2 N–H and O–H groups in total. The number of hydrogen-bond acceptors (Lipinski definition) is 3. The van der Waals surface area contributed by atoms with Gasteiger partial charge in [-0.05, 0) is 6.42 Å². The maximum Gasteiger partial charge on any atom is 0.100 e. The molecule has 1 aliphatic heterocycles. The van der Waals surface area contributed by atoms with Crippen LogP contribution >= 0.6 is 0 Å². The quantitative estimate of drug-likeness (QED) is 0.534. The molecule has 1 saturated heterocycles. The van der Waals surface area contributed by atoms with Gasteiger partial charge in [-0.1, -0.05) is 6.92 Å². The molecule has 60 valence electrons. The lowest BCUT2D eigenvalue weighted by molar-refractivity contribution is -0.0298. The van der Waals surface area contributed by atoms with Gasteiger partial charge in [-0.15, -0.1) is 0 Å². The van der Waals surface area contributed by atoms with Crippen molar-refractivity contribution in [2.24, 2.45) is 0 Å². The van der Waals surface area contributed by atoms with Crippen molar-refractivity contribution in [3.63, 3.8) is 0 Å². The fourth-order valence-corrected chi connectivity index (χ4v) is 1.01. The van der Waals surface area contributed by atoms with Crippen LogP contribution in [-0.2, 0) is 4.74 Å². The third-order valence-corrected chi connectivity index (χ3v) is 1.91. The van der Waals surface area contributed by atoms with E-state index in [1.807, 2.05) is 6.92 Å². The Morgan fingerprint density at radius 2 is 2.50 bits per heavy atom. The maximum absolute atomic E-state index is 9.67. The summed E-state index contributed by atoms with van der Waals surface area (Å²) in [6.07, 6.45) is 0.750. The van der Waals surface area contributed by atoms with E-state index in [1.54, 1.807) is 0 Å². The summed E-state index contributed by atoms with van der Waals surface area (Å²) in [5.41, 5.74) is -0.628. The largest absolute Gasteiger partial charge is 0.386 e. The van der Waals surface area contributed by atoms with Gasteiger partial charge in [0.1, 0.15) is 5.60 Å². The van der Waals surface area contributed by atoms with E-state index in [-0.39, 0.29) is 0 Å². The molecule has 0 amide bonds. The van der Waals surface area contributed by atoms with E-state index in [1.165, 1.54) is 0 Å². The zero-order valence-electron chi connectivity index (χ0n) is 6.39. The van der Waals surface area contributed by atoms with Crippen LogP contribution in [0.25, 0.3) is 0 Å². The molecule has 1 rings (SSSR count). The maximum atomic E-state index is 9.67. The van der Waals surface area contributed by atoms with Crippen molar-refractivity contribution in [1.29, 1.82) is 0 Å². The highest BCUT2D eigenvalue weighted by Crippen LogP contribution is 2.10. The Balaban J connectivity index is 2.41. The van der Waals surface area contributed by atoms with Gasteiger partial charge in [-0.2, -0.15) is 0 Å². The molecule has 1 aliphatic rings. The minimum absolute atomic E-state index is 0.469. The van der Waals surface area contributed by atoms with Crippen LogP contribution in [0.4, 0.5) is 0 Å². The Hall–Kier alpha value is -0.120. The molecule has 3 nitrogen and oxygen atoms in total. The Morgan fingerprint density at radius 1 is 1.70 bits per heavy atom. The first-order valence-electron chi connectivity index (χ1n) is 3.78. The number of nitrogens with one attached hydrogen (secondary N) is 1. The number of aliphatic hydroxyl groups is 1. The van der Waals surface area contributed by atoms with Crippen molar-refractivity contribution in [2.75, 3.05) is 26.3 Å². The van der Waals surface area contributed by atoms with Crippen LogP contribution in [0.2, 0.25) is 0 Å². The van der Waals surface area contributed by atoms with E-state index in [9.17, 15) is 5.11 Å². The van der Waals surface area contributed by atoms with Crippen molar-refractivity contribution in [3.05, 3.63) is 0 Å². The van der Waals surface area contributed by atoms with Gasteiger partial charge in [-0.25, -0.2) is 0 Å². The Labute approximate surface area is 61.4 Å². The van der Waals surface area contributed by atoms with Crippen LogP contribution < -0.4 is 5.32 Å². The van der Waals surface area contributed by atoms with Crippen LogP contribution in [0.15, 0.2) is 0 Å². The lowest BCUT2D eigenvalue weighted by atomic mass is 10.0. The molecule has 1 fully saturated rings. The van der Waals surface area contributed by atoms with E-state index < -0.39 is 5.60 Å². The van der Waals surface area contributed by atoms with Crippen molar-refractivity contribution in [1.82, 2.24) is 5.32 Å². The summed E-state index contributed by atoms with van der Waals surface area (Å²) >= 11 is 0. The van der Waals surface area contributed by atoms with Crippen molar-refractivity contribution in [2.45, 2.75) is 18.9 Å². The summed E-state index contributed by atoms with van der Waals surface area (Å²) in [6.45, 7) is 4.65. The molecule has 0 radical (unpaired) electrons. The molecule has 0 aromatic heterocycles. The SMILES string of the molecule is CCC1(O)CNCCOC1. The third-order valence-electron chi connectivity index (χ3n) is 1.91. The van der Waals surface area contributed by atoms with Gasteiger partial charge >= 0.3 is 0 Å². The molecule has 0 saturated carbocycles. The highest BCUT2D eigenvalue weighted by Gasteiger charge is 2.25. The Morgan fingerprint density at radius 3 is 3.20 bits per heavy atom. The monoisotopic (exact) mass is 145 g/mol. The second-order valence-electron chi connectivity index (χ2n) is 2.81. The van der Waals surface area contributed by atoms with E-state index in [4.69, 9.17) is 4.74 Å². The normalized spacial score (nSPS) is 35.4. The van der Waals surface area contributed by atoms with E-state index >= 15 is 0 Å². The van der Waals surface area contributed by atoms with Gasteiger partial charge in [0.25, 0.3) is 0 Å². The summed E-state index contributed by atoms with van der Waals surface area (Å²) in [5, 5.41) is 12.8. The van der Waals surface area contributed by atoms with Gasteiger partial charge in [0, 0.05) is 13.1 Å². The molecular weight excluding hydrogens is 130 g/mol. The van der Waals surface area contributed by atoms with E-state index in [0.717, 1.165) is 13.0 Å². The van der Waals surface area contributed by atoms with Crippen LogP contribution in [0.5, 0.6) is 0 Å². The van der Waals surface area contributed by atoms with Gasteiger partial charge in [0.15, 0.2) is 0 Å². The molecule has 0 aliphatic carbocycles. The fourth-order valence-electron chi connectivity index (χ4n) is 1.01. The molecule has 1 unspecified atom stereocenters. The van der Waals surface area contributed by atoms with E-state index in [0.29, 0.717) is 19.8 Å². The standard InChI is InChI=1S/C7H15NO2/c1-2-7(9)5-8-3-4-10-6-7/h8-9H,2-6H2,1H3. The zero-order chi connectivity index (χ0) is 7.45. The first-order chi connectivity index (χ1) is 4.77. The molecule has 10 heavy (non-hydrogen) atoms. The Kier molecular flexibility index (Phi) is 2.65. The first kappa shape index (κ1) is 7.98. The predicted octanol–water partition coefficient (Wildman–Crippen LogP) is -0.253. The molecule has 3 heteroatoms.